The van der Waals surface area contributed by atoms with Crippen molar-refractivity contribution in [3.8, 4) is 0 Å². The molecule has 0 aromatic carbocycles. The minimum Gasteiger partial charge on any atom is -0.310 e. The van der Waals surface area contributed by atoms with E-state index in [1.807, 2.05) is 0 Å². The van der Waals surface area contributed by atoms with E-state index in [1.54, 1.807) is 0 Å². The third-order valence-corrected chi connectivity index (χ3v) is 4.02. The first-order valence-corrected chi connectivity index (χ1v) is 6.62. The summed E-state index contributed by atoms with van der Waals surface area (Å²) >= 11 is 0. The molecule has 0 spiro atoms. The standard InChI is InChI=1S/C12H20F4N2/c13-11(14)12(15,16)7-17-6-9-5-8-3-1-2-4-10(8)18-9/h8-11,17-18H,1-7H2. The van der Waals surface area contributed by atoms with E-state index in [-0.39, 0.29) is 6.04 Å². The lowest BCUT2D eigenvalue weighted by molar-refractivity contribution is -0.125. The zero-order valence-corrected chi connectivity index (χ0v) is 10.3. The summed E-state index contributed by atoms with van der Waals surface area (Å²) in [5.74, 6) is -3.29. The maximum Gasteiger partial charge on any atom is 0.319 e. The maximum atomic E-state index is 12.7. The lowest BCUT2D eigenvalue weighted by atomic mass is 9.85. The van der Waals surface area contributed by atoms with Gasteiger partial charge in [-0.15, -0.1) is 0 Å². The van der Waals surface area contributed by atoms with Crippen LogP contribution in [0, 0.1) is 5.92 Å². The van der Waals surface area contributed by atoms with E-state index in [4.69, 9.17) is 0 Å². The molecule has 106 valence electrons. The molecule has 1 aliphatic heterocycles. The average molecular weight is 268 g/mol. The van der Waals surface area contributed by atoms with Gasteiger partial charge >= 0.3 is 12.3 Å². The van der Waals surface area contributed by atoms with Gasteiger partial charge in [-0.25, -0.2) is 8.78 Å². The molecule has 2 rings (SSSR count). The molecule has 2 N–H and O–H groups in total. The summed E-state index contributed by atoms with van der Waals surface area (Å²) < 4.78 is 49.3. The van der Waals surface area contributed by atoms with Crippen LogP contribution >= 0.6 is 0 Å². The van der Waals surface area contributed by atoms with E-state index < -0.39 is 18.9 Å². The summed E-state index contributed by atoms with van der Waals surface area (Å²) in [5.41, 5.74) is 0. The molecule has 3 atom stereocenters. The lowest BCUT2D eigenvalue weighted by Gasteiger charge is -2.24. The van der Waals surface area contributed by atoms with Crippen molar-refractivity contribution in [1.29, 1.82) is 0 Å². The van der Waals surface area contributed by atoms with E-state index >= 15 is 0 Å². The van der Waals surface area contributed by atoms with Gasteiger partial charge in [-0.2, -0.15) is 8.78 Å². The number of hydrogen-bond donors (Lipinski definition) is 2. The average Bonchev–Trinajstić information content (AvgIpc) is 2.70. The molecule has 3 unspecified atom stereocenters. The van der Waals surface area contributed by atoms with Crippen LogP contribution in [-0.4, -0.2) is 37.5 Å². The normalized spacial score (nSPS) is 32.8. The molecular formula is C12H20F4N2. The van der Waals surface area contributed by atoms with Crippen LogP contribution in [0.3, 0.4) is 0 Å². The quantitative estimate of drug-likeness (QED) is 0.748. The number of hydrogen-bond acceptors (Lipinski definition) is 2. The van der Waals surface area contributed by atoms with Gasteiger partial charge in [0.25, 0.3) is 0 Å². The van der Waals surface area contributed by atoms with Gasteiger partial charge in [0.1, 0.15) is 0 Å². The van der Waals surface area contributed by atoms with Crippen molar-refractivity contribution >= 4 is 0 Å². The van der Waals surface area contributed by atoms with Crippen LogP contribution in [0.5, 0.6) is 0 Å². The Balaban J connectivity index is 1.69. The number of rotatable bonds is 5. The number of fused-ring (bicyclic) bond motifs is 1. The summed E-state index contributed by atoms with van der Waals surface area (Å²) in [5, 5.41) is 5.88. The van der Waals surface area contributed by atoms with E-state index in [0.717, 1.165) is 12.8 Å². The molecule has 1 saturated carbocycles. The minimum absolute atomic E-state index is 0.145. The highest BCUT2D eigenvalue weighted by Crippen LogP contribution is 2.33. The van der Waals surface area contributed by atoms with Crippen molar-refractivity contribution in [3.63, 3.8) is 0 Å². The highest BCUT2D eigenvalue weighted by atomic mass is 19.3. The Morgan fingerprint density at radius 3 is 2.61 bits per heavy atom. The first-order chi connectivity index (χ1) is 8.49. The molecule has 6 heteroatoms. The van der Waals surface area contributed by atoms with Crippen molar-refractivity contribution in [2.24, 2.45) is 5.92 Å². The summed E-state index contributed by atoms with van der Waals surface area (Å²) in [4.78, 5) is 0. The number of alkyl halides is 4. The predicted octanol–water partition coefficient (Wildman–Crippen LogP) is 2.40. The van der Waals surface area contributed by atoms with Crippen LogP contribution in [-0.2, 0) is 0 Å². The molecule has 0 amide bonds. The Labute approximate surface area is 105 Å². The Kier molecular flexibility index (Phi) is 4.48. The van der Waals surface area contributed by atoms with Crippen molar-refractivity contribution in [1.82, 2.24) is 10.6 Å². The Morgan fingerprint density at radius 2 is 1.94 bits per heavy atom. The fourth-order valence-electron chi connectivity index (χ4n) is 3.08. The number of nitrogens with one attached hydrogen (secondary N) is 2. The second-order valence-corrected chi connectivity index (χ2v) is 5.44. The molecule has 0 aromatic rings. The molecule has 18 heavy (non-hydrogen) atoms. The number of halogens is 4. The van der Waals surface area contributed by atoms with Crippen LogP contribution in [0.25, 0.3) is 0 Å². The maximum absolute atomic E-state index is 12.7. The smallest absolute Gasteiger partial charge is 0.310 e. The predicted molar refractivity (Wildman–Crippen MR) is 61.1 cm³/mol. The van der Waals surface area contributed by atoms with Gasteiger partial charge in [0.2, 0.25) is 0 Å². The molecule has 1 saturated heterocycles. The molecule has 2 aliphatic rings. The molecule has 1 heterocycles. The van der Waals surface area contributed by atoms with Crippen LogP contribution in [0.4, 0.5) is 17.6 Å². The third kappa shape index (κ3) is 3.35. The van der Waals surface area contributed by atoms with Gasteiger partial charge in [-0.3, -0.25) is 0 Å². The Morgan fingerprint density at radius 1 is 1.22 bits per heavy atom. The van der Waals surface area contributed by atoms with Crippen molar-refractivity contribution in [2.45, 2.75) is 56.5 Å². The second-order valence-electron chi connectivity index (χ2n) is 5.44. The van der Waals surface area contributed by atoms with Crippen LogP contribution in [0.2, 0.25) is 0 Å². The van der Waals surface area contributed by atoms with E-state index in [1.165, 1.54) is 19.3 Å². The van der Waals surface area contributed by atoms with Gasteiger partial charge < -0.3 is 10.6 Å². The molecule has 1 aliphatic carbocycles. The molecule has 0 radical (unpaired) electrons. The molecule has 0 aromatic heterocycles. The topological polar surface area (TPSA) is 24.1 Å². The van der Waals surface area contributed by atoms with Crippen LogP contribution in [0.1, 0.15) is 32.1 Å². The van der Waals surface area contributed by atoms with Gasteiger partial charge in [0, 0.05) is 18.6 Å². The van der Waals surface area contributed by atoms with Crippen LogP contribution < -0.4 is 10.6 Å². The SMILES string of the molecule is FC(F)C(F)(F)CNCC1CC2CCCCC2N1. The largest absolute Gasteiger partial charge is 0.319 e. The minimum atomic E-state index is -3.93. The van der Waals surface area contributed by atoms with E-state index in [2.05, 4.69) is 10.6 Å². The summed E-state index contributed by atoms with van der Waals surface area (Å²) in [6.07, 6.45) is 2.18. The van der Waals surface area contributed by atoms with E-state index in [0.29, 0.717) is 18.5 Å². The van der Waals surface area contributed by atoms with Gasteiger partial charge in [-0.1, -0.05) is 12.8 Å². The second kappa shape index (κ2) is 5.74. The van der Waals surface area contributed by atoms with Gasteiger partial charge in [0.05, 0.1) is 6.54 Å². The Hall–Kier alpha value is -0.360. The summed E-state index contributed by atoms with van der Waals surface area (Å²) in [6.45, 7) is -0.604. The third-order valence-electron chi connectivity index (χ3n) is 4.02. The first kappa shape index (κ1) is 14.1. The highest BCUT2D eigenvalue weighted by molar-refractivity contribution is 4.93. The van der Waals surface area contributed by atoms with Crippen LogP contribution in [0.15, 0.2) is 0 Å². The molecular weight excluding hydrogens is 248 g/mol. The summed E-state index contributed by atoms with van der Waals surface area (Å²) in [6, 6.07) is 0.646. The monoisotopic (exact) mass is 268 g/mol. The van der Waals surface area contributed by atoms with Crippen molar-refractivity contribution in [2.75, 3.05) is 13.1 Å². The highest BCUT2D eigenvalue weighted by Gasteiger charge is 2.41. The fraction of sp³-hybridized carbons (Fsp3) is 1.00. The first-order valence-electron chi connectivity index (χ1n) is 6.62. The van der Waals surface area contributed by atoms with Crippen molar-refractivity contribution < 1.29 is 17.6 Å². The zero-order chi connectivity index (χ0) is 13.2. The Bertz CT molecular complexity index is 259. The van der Waals surface area contributed by atoms with Gasteiger partial charge in [-0.05, 0) is 25.2 Å². The fourth-order valence-corrected chi connectivity index (χ4v) is 3.08. The van der Waals surface area contributed by atoms with E-state index in [9.17, 15) is 17.6 Å². The zero-order valence-electron chi connectivity index (χ0n) is 10.3. The molecule has 0 bridgehead atoms. The van der Waals surface area contributed by atoms with Gasteiger partial charge in [0.15, 0.2) is 0 Å². The molecule has 2 fully saturated rings. The lowest BCUT2D eigenvalue weighted by Crippen LogP contribution is -2.44. The summed E-state index contributed by atoms with van der Waals surface area (Å²) in [7, 11) is 0. The molecule has 2 nitrogen and oxygen atoms in total. The van der Waals surface area contributed by atoms with Crippen molar-refractivity contribution in [3.05, 3.63) is 0 Å².